The van der Waals surface area contributed by atoms with Crippen molar-refractivity contribution in [2.24, 2.45) is 0 Å². The van der Waals surface area contributed by atoms with E-state index in [1.54, 1.807) is 0 Å². The van der Waals surface area contributed by atoms with Gasteiger partial charge in [0.05, 0.1) is 5.56 Å². The molecule has 0 bridgehead atoms. The van der Waals surface area contributed by atoms with Crippen LogP contribution in [0, 0.1) is 0 Å². The van der Waals surface area contributed by atoms with Gasteiger partial charge in [-0.2, -0.15) is 0 Å². The molecule has 1 unspecified atom stereocenters. The first-order valence-electron chi connectivity index (χ1n) is 6.78. The molecule has 0 aliphatic carbocycles. The predicted octanol–water partition coefficient (Wildman–Crippen LogP) is 4.16. The molecule has 0 N–H and O–H groups in total. The van der Waals surface area contributed by atoms with Gasteiger partial charge in [0, 0.05) is 5.57 Å². The van der Waals surface area contributed by atoms with Crippen LogP contribution in [0.5, 0.6) is 5.75 Å². The van der Waals surface area contributed by atoms with Crippen LogP contribution in [0.25, 0.3) is 0 Å². The lowest BCUT2D eigenvalue weighted by Crippen LogP contribution is -2.30. The average molecular weight is 244 g/mol. The molecule has 0 aromatic heterocycles. The Kier molecular flexibility index (Phi) is 4.19. The number of carbonyl (C=O) groups is 1. The first-order chi connectivity index (χ1) is 8.77. The number of Topliss-reactive ketones (excluding diaryl/α,β-unsaturated/α-hetero) is 1. The zero-order chi connectivity index (χ0) is 13.0. The number of ether oxygens (including phenoxy) is 1. The van der Waals surface area contributed by atoms with Crippen molar-refractivity contribution in [1.82, 2.24) is 0 Å². The number of para-hydroxylation sites is 1. The molecule has 1 aliphatic rings. The number of hydrogen-bond donors (Lipinski definition) is 0. The van der Waals surface area contributed by atoms with E-state index in [0.717, 1.165) is 37.0 Å². The van der Waals surface area contributed by atoms with Crippen molar-refractivity contribution in [3.8, 4) is 5.75 Å². The summed E-state index contributed by atoms with van der Waals surface area (Å²) >= 11 is 0. The van der Waals surface area contributed by atoms with E-state index in [1.807, 2.05) is 24.3 Å². The zero-order valence-electron chi connectivity index (χ0n) is 11.1. The van der Waals surface area contributed by atoms with E-state index in [-0.39, 0.29) is 11.9 Å². The van der Waals surface area contributed by atoms with Crippen LogP contribution in [-0.4, -0.2) is 11.9 Å². The van der Waals surface area contributed by atoms with E-state index in [9.17, 15) is 4.79 Å². The summed E-state index contributed by atoms with van der Waals surface area (Å²) in [5.41, 5.74) is 1.55. The minimum absolute atomic E-state index is 0.0658. The molecule has 1 aliphatic heterocycles. The number of rotatable bonds is 4. The minimum atomic E-state index is -0.0658. The van der Waals surface area contributed by atoms with E-state index in [2.05, 4.69) is 19.9 Å². The quantitative estimate of drug-likeness (QED) is 0.743. The fourth-order valence-corrected chi connectivity index (χ4v) is 2.28. The monoisotopic (exact) mass is 244 g/mol. The molecule has 0 saturated heterocycles. The smallest absolute Gasteiger partial charge is 0.196 e. The summed E-state index contributed by atoms with van der Waals surface area (Å²) in [5.74, 6) is 0.873. The Bertz CT molecular complexity index is 460. The van der Waals surface area contributed by atoms with Crippen molar-refractivity contribution in [2.75, 3.05) is 0 Å². The summed E-state index contributed by atoms with van der Waals surface area (Å²) in [7, 11) is 0. The van der Waals surface area contributed by atoms with Gasteiger partial charge < -0.3 is 4.74 Å². The molecule has 0 fully saturated rings. The van der Waals surface area contributed by atoms with Gasteiger partial charge in [0.1, 0.15) is 11.9 Å². The third-order valence-electron chi connectivity index (χ3n) is 3.21. The number of fused-ring (bicyclic) bond motifs is 1. The summed E-state index contributed by atoms with van der Waals surface area (Å²) in [6, 6.07) is 7.53. The number of hydrogen-bond acceptors (Lipinski definition) is 2. The van der Waals surface area contributed by atoms with Crippen LogP contribution in [0.2, 0.25) is 0 Å². The van der Waals surface area contributed by atoms with Crippen LogP contribution in [0.1, 0.15) is 49.9 Å². The van der Waals surface area contributed by atoms with Gasteiger partial charge in [0.15, 0.2) is 5.78 Å². The Hall–Kier alpha value is -1.57. The SMILES string of the molecule is CCC/C=C1\C(=O)c2ccccc2OC1CCC. The van der Waals surface area contributed by atoms with Gasteiger partial charge in [-0.3, -0.25) is 4.79 Å². The molecular formula is C16H20O2. The molecule has 0 radical (unpaired) electrons. The van der Waals surface area contributed by atoms with Gasteiger partial charge >= 0.3 is 0 Å². The Morgan fingerprint density at radius 3 is 2.72 bits per heavy atom. The molecule has 1 heterocycles. The molecule has 0 saturated carbocycles. The first-order valence-corrected chi connectivity index (χ1v) is 6.78. The number of ketones is 1. The van der Waals surface area contributed by atoms with Crippen LogP contribution >= 0.6 is 0 Å². The lowest BCUT2D eigenvalue weighted by atomic mass is 9.92. The van der Waals surface area contributed by atoms with Gasteiger partial charge in [-0.15, -0.1) is 0 Å². The van der Waals surface area contributed by atoms with E-state index in [4.69, 9.17) is 4.74 Å². The molecule has 0 amide bonds. The van der Waals surface area contributed by atoms with Crippen LogP contribution in [0.4, 0.5) is 0 Å². The molecule has 96 valence electrons. The standard InChI is InChI=1S/C16H20O2/c1-3-5-9-12-14(8-4-2)18-15-11-7-6-10-13(15)16(12)17/h6-7,9-11,14H,3-5,8H2,1-2H3/b12-9-. The van der Waals surface area contributed by atoms with E-state index < -0.39 is 0 Å². The highest BCUT2D eigenvalue weighted by Gasteiger charge is 2.30. The molecular weight excluding hydrogens is 224 g/mol. The van der Waals surface area contributed by atoms with Crippen molar-refractivity contribution in [1.29, 1.82) is 0 Å². The Balaban J connectivity index is 2.36. The largest absolute Gasteiger partial charge is 0.485 e. The molecule has 2 heteroatoms. The molecule has 0 spiro atoms. The number of benzene rings is 1. The van der Waals surface area contributed by atoms with Crippen LogP contribution in [0.3, 0.4) is 0 Å². The summed E-state index contributed by atoms with van der Waals surface area (Å²) in [5, 5.41) is 0. The number of allylic oxidation sites excluding steroid dienone is 1. The van der Waals surface area contributed by atoms with Crippen molar-refractivity contribution >= 4 is 5.78 Å². The second-order valence-electron chi connectivity index (χ2n) is 4.67. The third-order valence-corrected chi connectivity index (χ3v) is 3.21. The molecule has 2 rings (SSSR count). The highest BCUT2D eigenvalue weighted by molar-refractivity contribution is 6.12. The lowest BCUT2D eigenvalue weighted by Gasteiger charge is -2.27. The molecule has 1 aromatic rings. The fourth-order valence-electron chi connectivity index (χ4n) is 2.28. The van der Waals surface area contributed by atoms with Crippen molar-refractivity contribution in [3.05, 3.63) is 41.5 Å². The highest BCUT2D eigenvalue weighted by Crippen LogP contribution is 2.32. The lowest BCUT2D eigenvalue weighted by molar-refractivity contribution is 0.0954. The first kappa shape index (κ1) is 12.9. The molecule has 2 nitrogen and oxygen atoms in total. The van der Waals surface area contributed by atoms with Gasteiger partial charge in [-0.05, 0) is 25.0 Å². The number of unbranched alkanes of at least 4 members (excludes halogenated alkanes) is 1. The summed E-state index contributed by atoms with van der Waals surface area (Å²) in [6.45, 7) is 4.24. The Morgan fingerprint density at radius 1 is 1.22 bits per heavy atom. The van der Waals surface area contributed by atoms with Crippen molar-refractivity contribution in [3.63, 3.8) is 0 Å². The fraction of sp³-hybridized carbons (Fsp3) is 0.438. The maximum atomic E-state index is 12.5. The molecule has 1 atom stereocenters. The van der Waals surface area contributed by atoms with Gasteiger partial charge in [-0.25, -0.2) is 0 Å². The molecule has 1 aromatic carbocycles. The van der Waals surface area contributed by atoms with Crippen LogP contribution < -0.4 is 4.74 Å². The van der Waals surface area contributed by atoms with E-state index in [0.29, 0.717) is 5.56 Å². The van der Waals surface area contributed by atoms with Gasteiger partial charge in [0.2, 0.25) is 0 Å². The van der Waals surface area contributed by atoms with Crippen LogP contribution in [-0.2, 0) is 0 Å². The third kappa shape index (κ3) is 2.47. The van der Waals surface area contributed by atoms with Gasteiger partial charge in [0.25, 0.3) is 0 Å². The van der Waals surface area contributed by atoms with E-state index >= 15 is 0 Å². The normalized spacial score (nSPS) is 20.7. The highest BCUT2D eigenvalue weighted by atomic mass is 16.5. The van der Waals surface area contributed by atoms with Crippen LogP contribution in [0.15, 0.2) is 35.9 Å². The number of carbonyl (C=O) groups excluding carboxylic acids is 1. The second kappa shape index (κ2) is 5.85. The predicted molar refractivity (Wildman–Crippen MR) is 73.1 cm³/mol. The van der Waals surface area contributed by atoms with E-state index in [1.165, 1.54) is 0 Å². The second-order valence-corrected chi connectivity index (χ2v) is 4.67. The summed E-state index contributed by atoms with van der Waals surface area (Å²) < 4.78 is 5.96. The topological polar surface area (TPSA) is 26.3 Å². The average Bonchev–Trinajstić information content (AvgIpc) is 2.39. The minimum Gasteiger partial charge on any atom is -0.485 e. The maximum absolute atomic E-state index is 12.5. The van der Waals surface area contributed by atoms with Gasteiger partial charge in [-0.1, -0.05) is 44.9 Å². The Labute approximate surface area is 109 Å². The molecule has 18 heavy (non-hydrogen) atoms. The van der Waals surface area contributed by atoms with Crippen molar-refractivity contribution in [2.45, 2.75) is 45.6 Å². The summed E-state index contributed by atoms with van der Waals surface area (Å²) in [4.78, 5) is 12.5. The zero-order valence-corrected chi connectivity index (χ0v) is 11.1. The maximum Gasteiger partial charge on any atom is 0.196 e. The van der Waals surface area contributed by atoms with Crippen molar-refractivity contribution < 1.29 is 9.53 Å². The summed E-state index contributed by atoms with van der Waals surface area (Å²) in [6.07, 6.45) is 5.89. The Morgan fingerprint density at radius 2 is 2.00 bits per heavy atom.